The monoisotopic (exact) mass is 237 g/mol. The molecule has 0 aliphatic carbocycles. The van der Waals surface area contributed by atoms with Gasteiger partial charge in [0, 0.05) is 12.0 Å². The fraction of sp³-hybridized carbons (Fsp3) is 0.462. The van der Waals surface area contributed by atoms with Crippen LogP contribution < -0.4 is 15.2 Å². The van der Waals surface area contributed by atoms with Crippen LogP contribution in [0.15, 0.2) is 18.2 Å². The van der Waals surface area contributed by atoms with Crippen molar-refractivity contribution in [2.75, 3.05) is 14.2 Å². The van der Waals surface area contributed by atoms with Crippen molar-refractivity contribution in [3.05, 3.63) is 23.8 Å². The minimum absolute atomic E-state index is 0.00435. The van der Waals surface area contributed by atoms with Crippen molar-refractivity contribution in [3.63, 3.8) is 0 Å². The Morgan fingerprint density at radius 2 is 1.82 bits per heavy atom. The highest BCUT2D eigenvalue weighted by Gasteiger charge is 2.17. The number of hydrogen-bond donors (Lipinski definition) is 1. The predicted molar refractivity (Wildman–Crippen MR) is 66.5 cm³/mol. The summed E-state index contributed by atoms with van der Waals surface area (Å²) in [5.41, 5.74) is 6.47. The Kier molecular flexibility index (Phi) is 4.97. The Bertz CT molecular complexity index is 368. The zero-order chi connectivity index (χ0) is 12.8. The van der Waals surface area contributed by atoms with E-state index < -0.39 is 6.04 Å². The van der Waals surface area contributed by atoms with Gasteiger partial charge >= 0.3 is 0 Å². The molecule has 0 saturated heterocycles. The van der Waals surface area contributed by atoms with Crippen LogP contribution in [0, 0.1) is 0 Å². The van der Waals surface area contributed by atoms with E-state index in [0.717, 1.165) is 5.56 Å². The molecule has 0 heterocycles. The Hall–Kier alpha value is -1.55. The number of carbonyl (C=O) groups is 1. The van der Waals surface area contributed by atoms with Crippen molar-refractivity contribution >= 4 is 5.78 Å². The van der Waals surface area contributed by atoms with Gasteiger partial charge in [0.15, 0.2) is 5.78 Å². The molecule has 4 heteroatoms. The third-order valence-electron chi connectivity index (χ3n) is 2.73. The van der Waals surface area contributed by atoms with Crippen LogP contribution in [-0.2, 0) is 11.2 Å². The molecule has 1 unspecified atom stereocenters. The van der Waals surface area contributed by atoms with Crippen LogP contribution in [0.25, 0.3) is 0 Å². The van der Waals surface area contributed by atoms with Crippen LogP contribution >= 0.6 is 0 Å². The van der Waals surface area contributed by atoms with Crippen LogP contribution in [0.4, 0.5) is 0 Å². The highest BCUT2D eigenvalue weighted by Crippen LogP contribution is 2.28. The van der Waals surface area contributed by atoms with Gasteiger partial charge in [0.2, 0.25) is 0 Å². The molecule has 94 valence electrons. The summed E-state index contributed by atoms with van der Waals surface area (Å²) in [6.45, 7) is 1.89. The maximum atomic E-state index is 11.8. The molecule has 0 aliphatic rings. The summed E-state index contributed by atoms with van der Waals surface area (Å²) in [7, 11) is 3.14. The number of rotatable bonds is 6. The van der Waals surface area contributed by atoms with E-state index in [-0.39, 0.29) is 12.2 Å². The van der Waals surface area contributed by atoms with E-state index >= 15 is 0 Å². The lowest BCUT2D eigenvalue weighted by Crippen LogP contribution is -2.31. The fourth-order valence-corrected chi connectivity index (χ4v) is 1.64. The molecule has 0 fully saturated rings. The summed E-state index contributed by atoms with van der Waals surface area (Å²) < 4.78 is 10.5. The molecule has 1 aromatic carbocycles. The summed E-state index contributed by atoms with van der Waals surface area (Å²) in [5, 5.41) is 0. The van der Waals surface area contributed by atoms with E-state index in [9.17, 15) is 4.79 Å². The van der Waals surface area contributed by atoms with Gasteiger partial charge in [0.05, 0.1) is 20.3 Å². The lowest BCUT2D eigenvalue weighted by molar-refractivity contribution is -0.119. The highest BCUT2D eigenvalue weighted by molar-refractivity contribution is 5.87. The van der Waals surface area contributed by atoms with Gasteiger partial charge in [0.1, 0.15) is 11.5 Å². The van der Waals surface area contributed by atoms with Crippen LogP contribution in [0.1, 0.15) is 18.9 Å². The molecule has 0 bridgehead atoms. The molecule has 0 radical (unpaired) electrons. The number of ether oxygens (including phenoxy) is 2. The zero-order valence-corrected chi connectivity index (χ0v) is 10.5. The molecule has 0 amide bonds. The first-order chi connectivity index (χ1) is 8.13. The Morgan fingerprint density at radius 1 is 1.29 bits per heavy atom. The molecule has 0 spiro atoms. The number of benzene rings is 1. The lowest BCUT2D eigenvalue weighted by atomic mass is 10.0. The third-order valence-corrected chi connectivity index (χ3v) is 2.73. The number of nitrogens with two attached hydrogens (primary N) is 1. The number of hydrogen-bond acceptors (Lipinski definition) is 4. The summed E-state index contributed by atoms with van der Waals surface area (Å²) in [5.74, 6) is 1.30. The van der Waals surface area contributed by atoms with Gasteiger partial charge in [-0.15, -0.1) is 0 Å². The third kappa shape index (κ3) is 3.20. The first-order valence-electron chi connectivity index (χ1n) is 5.62. The zero-order valence-electron chi connectivity index (χ0n) is 10.5. The molecule has 2 N–H and O–H groups in total. The van der Waals surface area contributed by atoms with Crippen LogP contribution in [0.5, 0.6) is 11.5 Å². The smallest absolute Gasteiger partial charge is 0.154 e. The summed E-state index contributed by atoms with van der Waals surface area (Å²) in [4.78, 5) is 11.8. The average Bonchev–Trinajstić information content (AvgIpc) is 2.37. The van der Waals surface area contributed by atoms with Crippen molar-refractivity contribution in [2.24, 2.45) is 5.73 Å². The first kappa shape index (κ1) is 13.5. The molecular formula is C13H19NO3. The van der Waals surface area contributed by atoms with Crippen molar-refractivity contribution in [3.8, 4) is 11.5 Å². The number of carbonyl (C=O) groups excluding carboxylic acids is 1. The van der Waals surface area contributed by atoms with E-state index in [0.29, 0.717) is 17.9 Å². The quantitative estimate of drug-likeness (QED) is 0.815. The van der Waals surface area contributed by atoms with Crippen molar-refractivity contribution < 1.29 is 14.3 Å². The van der Waals surface area contributed by atoms with Crippen LogP contribution in [0.2, 0.25) is 0 Å². The topological polar surface area (TPSA) is 61.6 Å². The molecule has 4 nitrogen and oxygen atoms in total. The molecule has 17 heavy (non-hydrogen) atoms. The molecule has 0 aromatic heterocycles. The summed E-state index contributed by atoms with van der Waals surface area (Å²) in [6.07, 6.45) is 0.874. The summed E-state index contributed by atoms with van der Waals surface area (Å²) >= 11 is 0. The van der Waals surface area contributed by atoms with Gasteiger partial charge < -0.3 is 15.2 Å². The van der Waals surface area contributed by atoms with Crippen molar-refractivity contribution in [2.45, 2.75) is 25.8 Å². The second kappa shape index (κ2) is 6.25. The van der Waals surface area contributed by atoms with Crippen molar-refractivity contribution in [1.29, 1.82) is 0 Å². The molecule has 1 rings (SSSR count). The number of ketones is 1. The normalized spacial score (nSPS) is 12.0. The average molecular weight is 237 g/mol. The van der Waals surface area contributed by atoms with Crippen LogP contribution in [-0.4, -0.2) is 26.0 Å². The standard InChI is InChI=1S/C13H19NO3/c1-4-10(14)11(15)8-9-12(16-2)6-5-7-13(9)17-3/h5-7,10H,4,8,14H2,1-3H3. The Balaban J connectivity index is 2.99. The molecule has 0 saturated carbocycles. The number of methoxy groups -OCH3 is 2. The maximum absolute atomic E-state index is 11.8. The van der Waals surface area contributed by atoms with Gasteiger partial charge in [-0.05, 0) is 18.6 Å². The molecule has 0 aliphatic heterocycles. The molecule has 1 atom stereocenters. The SMILES string of the molecule is CCC(N)C(=O)Cc1c(OC)cccc1OC. The minimum atomic E-state index is -0.426. The number of Topliss-reactive ketones (excluding diaryl/α,β-unsaturated/α-hetero) is 1. The predicted octanol–water partition coefficient (Wildman–Crippen LogP) is 1.55. The van der Waals surface area contributed by atoms with E-state index in [1.165, 1.54) is 0 Å². The Labute approximate surface area is 102 Å². The second-order valence-electron chi connectivity index (χ2n) is 3.80. The fourth-order valence-electron chi connectivity index (χ4n) is 1.64. The summed E-state index contributed by atoms with van der Waals surface area (Å²) in [6, 6.07) is 5.01. The lowest BCUT2D eigenvalue weighted by Gasteiger charge is -2.14. The van der Waals surface area contributed by atoms with Crippen molar-refractivity contribution in [1.82, 2.24) is 0 Å². The van der Waals surface area contributed by atoms with E-state index in [1.54, 1.807) is 14.2 Å². The second-order valence-corrected chi connectivity index (χ2v) is 3.80. The van der Waals surface area contributed by atoms with Crippen LogP contribution in [0.3, 0.4) is 0 Å². The van der Waals surface area contributed by atoms with E-state index in [4.69, 9.17) is 15.2 Å². The first-order valence-corrected chi connectivity index (χ1v) is 5.62. The highest BCUT2D eigenvalue weighted by atomic mass is 16.5. The van der Waals surface area contributed by atoms with E-state index in [1.807, 2.05) is 25.1 Å². The van der Waals surface area contributed by atoms with Gasteiger partial charge in [-0.25, -0.2) is 0 Å². The largest absolute Gasteiger partial charge is 0.496 e. The van der Waals surface area contributed by atoms with E-state index in [2.05, 4.69) is 0 Å². The van der Waals surface area contributed by atoms with Gasteiger partial charge in [0.25, 0.3) is 0 Å². The van der Waals surface area contributed by atoms with Gasteiger partial charge in [-0.3, -0.25) is 4.79 Å². The minimum Gasteiger partial charge on any atom is -0.496 e. The molecular weight excluding hydrogens is 218 g/mol. The van der Waals surface area contributed by atoms with Gasteiger partial charge in [-0.2, -0.15) is 0 Å². The maximum Gasteiger partial charge on any atom is 0.154 e. The Morgan fingerprint density at radius 3 is 2.24 bits per heavy atom. The van der Waals surface area contributed by atoms with Gasteiger partial charge in [-0.1, -0.05) is 13.0 Å². The molecule has 1 aromatic rings.